The Kier molecular flexibility index (Phi) is 4.48. The Balaban J connectivity index is 2.52. The first-order chi connectivity index (χ1) is 7.90. The maximum Gasteiger partial charge on any atom is 0.305 e. The van der Waals surface area contributed by atoms with Crippen LogP contribution in [0.3, 0.4) is 0 Å². The van der Waals surface area contributed by atoms with E-state index in [1.807, 2.05) is 13.8 Å². The maximum atomic E-state index is 11.8. The van der Waals surface area contributed by atoms with Crippen LogP contribution in [0.2, 0.25) is 0 Å². The Labute approximate surface area is 99.8 Å². The Morgan fingerprint density at radius 3 is 2.59 bits per heavy atom. The van der Waals surface area contributed by atoms with Gasteiger partial charge in [0.2, 0.25) is 11.8 Å². The number of hydrogen-bond donors (Lipinski definition) is 3. The smallest absolute Gasteiger partial charge is 0.305 e. The van der Waals surface area contributed by atoms with Crippen LogP contribution >= 0.6 is 0 Å². The van der Waals surface area contributed by atoms with Gasteiger partial charge in [-0.3, -0.25) is 14.4 Å². The molecule has 0 saturated carbocycles. The number of carboxylic acid groups (broad SMARTS) is 1. The topological polar surface area (TPSA) is 95.5 Å². The molecule has 1 unspecified atom stereocenters. The summed E-state index contributed by atoms with van der Waals surface area (Å²) in [6.45, 7) is 3.70. The van der Waals surface area contributed by atoms with Crippen LogP contribution in [0.1, 0.15) is 33.1 Å². The van der Waals surface area contributed by atoms with Gasteiger partial charge in [0.05, 0.1) is 6.42 Å². The molecule has 0 aromatic rings. The van der Waals surface area contributed by atoms with Crippen molar-refractivity contribution >= 4 is 17.8 Å². The molecule has 0 bridgehead atoms. The fourth-order valence-corrected chi connectivity index (χ4v) is 1.74. The van der Waals surface area contributed by atoms with Gasteiger partial charge < -0.3 is 15.7 Å². The Morgan fingerprint density at radius 2 is 2.18 bits per heavy atom. The molecular formula is C11H18N2O4. The second-order valence-electron chi connectivity index (χ2n) is 4.62. The number of aliphatic carboxylic acids is 1. The molecule has 96 valence electrons. The van der Waals surface area contributed by atoms with E-state index in [-0.39, 0.29) is 24.2 Å². The molecule has 0 aliphatic carbocycles. The van der Waals surface area contributed by atoms with Crippen LogP contribution < -0.4 is 10.6 Å². The van der Waals surface area contributed by atoms with E-state index in [1.54, 1.807) is 0 Å². The number of carboxylic acids is 1. The summed E-state index contributed by atoms with van der Waals surface area (Å²) in [5.41, 5.74) is 0. The minimum absolute atomic E-state index is 0.0344. The zero-order valence-corrected chi connectivity index (χ0v) is 10.0. The van der Waals surface area contributed by atoms with Gasteiger partial charge >= 0.3 is 5.97 Å². The number of carbonyl (C=O) groups is 3. The van der Waals surface area contributed by atoms with Crippen molar-refractivity contribution < 1.29 is 19.5 Å². The summed E-state index contributed by atoms with van der Waals surface area (Å²) >= 11 is 0. The number of hydrogen-bond acceptors (Lipinski definition) is 3. The SMILES string of the molecule is CC(C)C(CC(=O)O)NC(=O)[C@H]1CCC(=O)N1. The molecule has 6 heteroatoms. The van der Waals surface area contributed by atoms with Gasteiger partial charge in [0.25, 0.3) is 0 Å². The maximum absolute atomic E-state index is 11.8. The second kappa shape index (κ2) is 5.65. The van der Waals surface area contributed by atoms with Crippen molar-refractivity contribution in [2.75, 3.05) is 0 Å². The van der Waals surface area contributed by atoms with Crippen molar-refractivity contribution in [2.45, 2.75) is 45.2 Å². The van der Waals surface area contributed by atoms with E-state index in [9.17, 15) is 14.4 Å². The third kappa shape index (κ3) is 4.05. The molecule has 1 aliphatic heterocycles. The summed E-state index contributed by atoms with van der Waals surface area (Å²) in [5.74, 6) is -1.34. The fraction of sp³-hybridized carbons (Fsp3) is 0.727. The average Bonchev–Trinajstić information content (AvgIpc) is 2.63. The van der Waals surface area contributed by atoms with Crippen LogP contribution in [0.25, 0.3) is 0 Å². The van der Waals surface area contributed by atoms with Gasteiger partial charge in [-0.2, -0.15) is 0 Å². The molecule has 1 heterocycles. The predicted octanol–water partition coefficient (Wildman–Crippen LogP) is -0.119. The monoisotopic (exact) mass is 242 g/mol. The molecule has 2 amide bonds. The number of rotatable bonds is 5. The summed E-state index contributed by atoms with van der Waals surface area (Å²) in [5, 5.41) is 14.0. The van der Waals surface area contributed by atoms with E-state index in [0.717, 1.165) is 0 Å². The van der Waals surface area contributed by atoms with Crippen molar-refractivity contribution in [3.05, 3.63) is 0 Å². The highest BCUT2D eigenvalue weighted by Gasteiger charge is 2.29. The summed E-state index contributed by atoms with van der Waals surface area (Å²) in [4.78, 5) is 33.4. The Bertz CT molecular complexity index is 327. The standard InChI is InChI=1S/C11H18N2O4/c1-6(2)8(5-10(15)16)13-11(17)7-3-4-9(14)12-7/h6-8H,3-5H2,1-2H3,(H,12,14)(H,13,17)(H,15,16)/t7-,8?/m1/s1. The molecule has 1 aliphatic rings. The lowest BCUT2D eigenvalue weighted by Gasteiger charge is -2.22. The van der Waals surface area contributed by atoms with Crippen molar-refractivity contribution in [3.63, 3.8) is 0 Å². The lowest BCUT2D eigenvalue weighted by Crippen LogP contribution is -2.48. The zero-order valence-electron chi connectivity index (χ0n) is 10.0. The molecule has 1 saturated heterocycles. The molecule has 1 rings (SSSR count). The molecule has 1 fully saturated rings. The predicted molar refractivity (Wildman–Crippen MR) is 60.2 cm³/mol. The summed E-state index contributed by atoms with van der Waals surface area (Å²) in [6.07, 6.45) is 0.718. The van der Waals surface area contributed by atoms with Crippen LogP contribution in [0.5, 0.6) is 0 Å². The van der Waals surface area contributed by atoms with Crippen molar-refractivity contribution in [3.8, 4) is 0 Å². The van der Waals surface area contributed by atoms with E-state index < -0.39 is 18.1 Å². The molecular weight excluding hydrogens is 224 g/mol. The van der Waals surface area contributed by atoms with Crippen molar-refractivity contribution in [2.24, 2.45) is 5.92 Å². The van der Waals surface area contributed by atoms with Gasteiger partial charge in [-0.25, -0.2) is 0 Å². The normalized spacial score (nSPS) is 21.1. The lowest BCUT2D eigenvalue weighted by molar-refractivity contribution is -0.138. The average molecular weight is 242 g/mol. The third-order valence-corrected chi connectivity index (χ3v) is 2.84. The highest BCUT2D eigenvalue weighted by molar-refractivity contribution is 5.91. The van der Waals surface area contributed by atoms with Gasteiger partial charge in [0.15, 0.2) is 0 Å². The number of carbonyl (C=O) groups excluding carboxylic acids is 2. The summed E-state index contributed by atoms with van der Waals surface area (Å²) in [7, 11) is 0. The molecule has 3 N–H and O–H groups in total. The van der Waals surface area contributed by atoms with Gasteiger partial charge in [-0.15, -0.1) is 0 Å². The van der Waals surface area contributed by atoms with E-state index in [0.29, 0.717) is 12.8 Å². The van der Waals surface area contributed by atoms with Crippen LogP contribution in [0, 0.1) is 5.92 Å². The first kappa shape index (κ1) is 13.5. The lowest BCUT2D eigenvalue weighted by atomic mass is 10.0. The van der Waals surface area contributed by atoms with E-state index in [4.69, 9.17) is 5.11 Å². The minimum Gasteiger partial charge on any atom is -0.481 e. The van der Waals surface area contributed by atoms with E-state index in [1.165, 1.54) is 0 Å². The second-order valence-corrected chi connectivity index (χ2v) is 4.62. The van der Waals surface area contributed by atoms with Crippen LogP contribution in [-0.4, -0.2) is 35.0 Å². The molecule has 17 heavy (non-hydrogen) atoms. The molecule has 0 spiro atoms. The fourth-order valence-electron chi connectivity index (χ4n) is 1.74. The van der Waals surface area contributed by atoms with Gasteiger partial charge in [0, 0.05) is 12.5 Å². The molecule has 0 aromatic heterocycles. The first-order valence-electron chi connectivity index (χ1n) is 5.71. The van der Waals surface area contributed by atoms with E-state index in [2.05, 4.69) is 10.6 Å². The third-order valence-electron chi connectivity index (χ3n) is 2.84. The summed E-state index contributed by atoms with van der Waals surface area (Å²) in [6, 6.07) is -0.921. The van der Waals surface area contributed by atoms with Gasteiger partial charge in [-0.1, -0.05) is 13.8 Å². The molecule has 0 radical (unpaired) electrons. The van der Waals surface area contributed by atoms with Crippen LogP contribution in [0.15, 0.2) is 0 Å². The van der Waals surface area contributed by atoms with Crippen LogP contribution in [-0.2, 0) is 14.4 Å². The Morgan fingerprint density at radius 1 is 1.53 bits per heavy atom. The number of nitrogens with one attached hydrogen (secondary N) is 2. The number of amides is 2. The van der Waals surface area contributed by atoms with Gasteiger partial charge in [-0.05, 0) is 12.3 Å². The largest absolute Gasteiger partial charge is 0.481 e. The Hall–Kier alpha value is -1.59. The quantitative estimate of drug-likeness (QED) is 0.626. The first-order valence-corrected chi connectivity index (χ1v) is 5.71. The molecule has 6 nitrogen and oxygen atoms in total. The van der Waals surface area contributed by atoms with Gasteiger partial charge in [0.1, 0.15) is 6.04 Å². The van der Waals surface area contributed by atoms with E-state index >= 15 is 0 Å². The minimum atomic E-state index is -0.945. The zero-order chi connectivity index (χ0) is 13.0. The molecule has 0 aromatic carbocycles. The van der Waals surface area contributed by atoms with Crippen LogP contribution in [0.4, 0.5) is 0 Å². The summed E-state index contributed by atoms with van der Waals surface area (Å²) < 4.78 is 0. The molecule has 2 atom stereocenters. The van der Waals surface area contributed by atoms with Crippen molar-refractivity contribution in [1.29, 1.82) is 0 Å². The highest BCUT2D eigenvalue weighted by Crippen LogP contribution is 2.10. The van der Waals surface area contributed by atoms with Crippen molar-refractivity contribution in [1.82, 2.24) is 10.6 Å². The highest BCUT2D eigenvalue weighted by atomic mass is 16.4.